The minimum Gasteiger partial charge on any atom is -0.374 e. The Morgan fingerprint density at radius 1 is 1.36 bits per heavy atom. The van der Waals surface area contributed by atoms with E-state index in [1.54, 1.807) is 0 Å². The summed E-state index contributed by atoms with van der Waals surface area (Å²) in [7, 11) is 0. The molecule has 1 fully saturated rings. The standard InChI is InChI=1S/C11H23NO2/c1-5-6-13-10-8(12)7-9(10)14-11(2,3)4/h8-10H,5-7,12H2,1-4H3. The average Bonchev–Trinajstić information content (AvgIpc) is 2.01. The molecule has 0 bridgehead atoms. The summed E-state index contributed by atoms with van der Waals surface area (Å²) in [6.45, 7) is 9.07. The van der Waals surface area contributed by atoms with E-state index in [9.17, 15) is 0 Å². The van der Waals surface area contributed by atoms with Crippen LogP contribution in [0.1, 0.15) is 40.5 Å². The molecule has 0 aromatic rings. The first kappa shape index (κ1) is 12.0. The highest BCUT2D eigenvalue weighted by molar-refractivity contribution is 4.96. The Kier molecular flexibility index (Phi) is 3.93. The van der Waals surface area contributed by atoms with Crippen molar-refractivity contribution >= 4 is 0 Å². The fourth-order valence-corrected chi connectivity index (χ4v) is 1.67. The molecule has 1 aliphatic rings. The van der Waals surface area contributed by atoms with E-state index in [1.165, 1.54) is 0 Å². The van der Waals surface area contributed by atoms with Crippen molar-refractivity contribution < 1.29 is 9.47 Å². The van der Waals surface area contributed by atoms with Crippen LogP contribution in [-0.2, 0) is 9.47 Å². The molecule has 84 valence electrons. The summed E-state index contributed by atoms with van der Waals surface area (Å²) in [6.07, 6.45) is 2.25. The van der Waals surface area contributed by atoms with Gasteiger partial charge in [0.1, 0.15) is 0 Å². The topological polar surface area (TPSA) is 44.5 Å². The molecule has 3 heteroatoms. The van der Waals surface area contributed by atoms with Crippen LogP contribution in [-0.4, -0.2) is 30.5 Å². The largest absolute Gasteiger partial charge is 0.374 e. The van der Waals surface area contributed by atoms with Crippen LogP contribution < -0.4 is 5.73 Å². The molecule has 3 unspecified atom stereocenters. The van der Waals surface area contributed by atoms with Crippen LogP contribution in [0.3, 0.4) is 0 Å². The van der Waals surface area contributed by atoms with Crippen LogP contribution in [0.2, 0.25) is 0 Å². The second-order valence-corrected chi connectivity index (χ2v) is 5.00. The molecule has 14 heavy (non-hydrogen) atoms. The summed E-state index contributed by atoms with van der Waals surface area (Å²) in [4.78, 5) is 0. The summed E-state index contributed by atoms with van der Waals surface area (Å²) >= 11 is 0. The van der Waals surface area contributed by atoms with Gasteiger partial charge >= 0.3 is 0 Å². The van der Waals surface area contributed by atoms with Crippen molar-refractivity contribution in [1.29, 1.82) is 0 Å². The first-order valence-corrected chi connectivity index (χ1v) is 5.49. The van der Waals surface area contributed by atoms with Gasteiger partial charge in [0.25, 0.3) is 0 Å². The van der Waals surface area contributed by atoms with E-state index >= 15 is 0 Å². The summed E-state index contributed by atoms with van der Waals surface area (Å²) < 4.78 is 11.5. The molecule has 3 nitrogen and oxygen atoms in total. The van der Waals surface area contributed by atoms with Crippen molar-refractivity contribution in [3.05, 3.63) is 0 Å². The zero-order valence-electron chi connectivity index (χ0n) is 9.75. The molecule has 2 N–H and O–H groups in total. The number of ether oxygens (including phenoxy) is 2. The fraction of sp³-hybridized carbons (Fsp3) is 1.00. The Morgan fingerprint density at radius 3 is 2.43 bits per heavy atom. The van der Waals surface area contributed by atoms with Crippen molar-refractivity contribution in [3.63, 3.8) is 0 Å². The van der Waals surface area contributed by atoms with Gasteiger partial charge in [-0.15, -0.1) is 0 Å². The highest BCUT2D eigenvalue weighted by Gasteiger charge is 2.42. The van der Waals surface area contributed by atoms with E-state index in [0.29, 0.717) is 0 Å². The van der Waals surface area contributed by atoms with Crippen molar-refractivity contribution in [2.75, 3.05) is 6.61 Å². The number of hydrogen-bond donors (Lipinski definition) is 1. The van der Waals surface area contributed by atoms with Gasteiger partial charge in [-0.3, -0.25) is 0 Å². The van der Waals surface area contributed by atoms with Crippen molar-refractivity contribution in [1.82, 2.24) is 0 Å². The molecule has 0 aromatic carbocycles. The van der Waals surface area contributed by atoms with Gasteiger partial charge in [-0.25, -0.2) is 0 Å². The lowest BCUT2D eigenvalue weighted by atomic mass is 9.85. The van der Waals surface area contributed by atoms with Gasteiger partial charge in [-0.2, -0.15) is 0 Å². The Labute approximate surface area is 86.9 Å². The van der Waals surface area contributed by atoms with E-state index in [4.69, 9.17) is 15.2 Å². The third-order valence-electron chi connectivity index (χ3n) is 2.31. The maximum absolute atomic E-state index is 5.87. The number of nitrogens with two attached hydrogens (primary N) is 1. The van der Waals surface area contributed by atoms with Gasteiger partial charge in [0.15, 0.2) is 0 Å². The number of hydrogen-bond acceptors (Lipinski definition) is 3. The predicted molar refractivity (Wildman–Crippen MR) is 57.2 cm³/mol. The maximum atomic E-state index is 5.87. The molecule has 0 radical (unpaired) electrons. The second-order valence-electron chi connectivity index (χ2n) is 5.00. The van der Waals surface area contributed by atoms with Gasteiger partial charge in [-0.1, -0.05) is 6.92 Å². The van der Waals surface area contributed by atoms with E-state index in [-0.39, 0.29) is 23.9 Å². The Hall–Kier alpha value is -0.120. The first-order valence-electron chi connectivity index (χ1n) is 5.49. The summed E-state index contributed by atoms with van der Waals surface area (Å²) in [5.41, 5.74) is 5.77. The van der Waals surface area contributed by atoms with Crippen LogP contribution in [0.5, 0.6) is 0 Å². The van der Waals surface area contributed by atoms with E-state index < -0.39 is 0 Å². The first-order chi connectivity index (χ1) is 6.44. The molecule has 1 aliphatic carbocycles. The van der Waals surface area contributed by atoms with Gasteiger partial charge in [0.2, 0.25) is 0 Å². The maximum Gasteiger partial charge on any atom is 0.0988 e. The summed E-state index contributed by atoms with van der Waals surface area (Å²) in [6, 6.07) is 0.161. The highest BCUT2D eigenvalue weighted by atomic mass is 16.6. The van der Waals surface area contributed by atoms with E-state index in [2.05, 4.69) is 27.7 Å². The molecule has 0 aromatic heterocycles. The normalized spacial score (nSPS) is 32.8. The Balaban J connectivity index is 2.33. The Morgan fingerprint density at radius 2 is 2.00 bits per heavy atom. The predicted octanol–water partition coefficient (Wildman–Crippen LogP) is 1.70. The van der Waals surface area contributed by atoms with Crippen LogP contribution in [0.4, 0.5) is 0 Å². The summed E-state index contributed by atoms with van der Waals surface area (Å²) in [5, 5.41) is 0. The minimum atomic E-state index is -0.0986. The molecule has 3 atom stereocenters. The average molecular weight is 201 g/mol. The molecule has 0 heterocycles. The van der Waals surface area contributed by atoms with Crippen molar-refractivity contribution in [2.45, 2.75) is 64.4 Å². The zero-order valence-corrected chi connectivity index (χ0v) is 9.75. The van der Waals surface area contributed by atoms with Crippen molar-refractivity contribution in [2.24, 2.45) is 5.73 Å². The number of rotatable bonds is 4. The molecule has 1 saturated carbocycles. The lowest BCUT2D eigenvalue weighted by molar-refractivity contribution is -0.181. The molecule has 0 spiro atoms. The van der Waals surface area contributed by atoms with Crippen molar-refractivity contribution in [3.8, 4) is 0 Å². The SMILES string of the molecule is CCCOC1C(N)CC1OC(C)(C)C. The van der Waals surface area contributed by atoms with Gasteiger partial charge in [0, 0.05) is 12.6 Å². The lowest BCUT2D eigenvalue weighted by Gasteiger charge is -2.44. The molecular formula is C11H23NO2. The third kappa shape index (κ3) is 3.23. The fourth-order valence-electron chi connectivity index (χ4n) is 1.67. The van der Waals surface area contributed by atoms with Crippen LogP contribution in [0, 0.1) is 0 Å². The van der Waals surface area contributed by atoms with Gasteiger partial charge < -0.3 is 15.2 Å². The smallest absolute Gasteiger partial charge is 0.0988 e. The quantitative estimate of drug-likeness (QED) is 0.753. The molecule has 0 saturated heterocycles. The second kappa shape index (κ2) is 4.60. The van der Waals surface area contributed by atoms with Crippen LogP contribution >= 0.6 is 0 Å². The summed E-state index contributed by atoms with van der Waals surface area (Å²) in [5.74, 6) is 0. The van der Waals surface area contributed by atoms with Crippen LogP contribution in [0.15, 0.2) is 0 Å². The molecule has 1 rings (SSSR count). The molecule has 0 aliphatic heterocycles. The highest BCUT2D eigenvalue weighted by Crippen LogP contribution is 2.29. The third-order valence-corrected chi connectivity index (χ3v) is 2.31. The lowest BCUT2D eigenvalue weighted by Crippen LogP contribution is -2.59. The zero-order chi connectivity index (χ0) is 10.8. The van der Waals surface area contributed by atoms with Crippen LogP contribution in [0.25, 0.3) is 0 Å². The van der Waals surface area contributed by atoms with Gasteiger partial charge in [-0.05, 0) is 33.6 Å². The van der Waals surface area contributed by atoms with E-state index in [0.717, 1.165) is 19.4 Å². The van der Waals surface area contributed by atoms with Gasteiger partial charge in [0.05, 0.1) is 17.8 Å². The minimum absolute atomic E-state index is 0.0986. The van der Waals surface area contributed by atoms with E-state index in [1.807, 2.05) is 0 Å². The molecular weight excluding hydrogens is 178 g/mol. The Bertz CT molecular complexity index is 177. The molecule has 0 amide bonds. The monoisotopic (exact) mass is 201 g/mol.